The molecule has 0 saturated heterocycles. The van der Waals surface area contributed by atoms with Crippen molar-refractivity contribution in [1.82, 2.24) is 9.66 Å². The molecule has 0 aliphatic carbocycles. The summed E-state index contributed by atoms with van der Waals surface area (Å²) in [7, 11) is 1.29. The van der Waals surface area contributed by atoms with Gasteiger partial charge in [0.2, 0.25) is 0 Å². The maximum Gasteiger partial charge on any atom is 0.343 e. The highest BCUT2D eigenvalue weighted by Crippen LogP contribution is 2.36. The Morgan fingerprint density at radius 2 is 1.91 bits per heavy atom. The second-order valence-electron chi connectivity index (χ2n) is 8.34. The Kier molecular flexibility index (Phi) is 8.14. The van der Waals surface area contributed by atoms with Crippen LogP contribution < -0.4 is 15.0 Å². The fourth-order valence-electron chi connectivity index (χ4n) is 3.12. The lowest BCUT2D eigenvalue weighted by molar-refractivity contribution is -0.142. The summed E-state index contributed by atoms with van der Waals surface area (Å²) in [5.41, 5.74) is 0.565. The first kappa shape index (κ1) is 25.9. The lowest BCUT2D eigenvalue weighted by Crippen LogP contribution is -2.29. The maximum absolute atomic E-state index is 13.3. The molecule has 0 unspecified atom stereocenters. The summed E-state index contributed by atoms with van der Waals surface area (Å²) < 4.78 is 18.6. The Bertz CT molecular complexity index is 1310. The van der Waals surface area contributed by atoms with Gasteiger partial charge in [-0.15, -0.1) is 0 Å². The van der Waals surface area contributed by atoms with Crippen molar-refractivity contribution in [3.63, 3.8) is 0 Å². The number of esters is 1. The summed E-state index contributed by atoms with van der Waals surface area (Å²) in [6.07, 6.45) is 1.56. The standard InChI is InChI=1S/C24H25Br2N3O5/c1-6-33-19-10-14(9-17(26)21(19)34-13-20(30)32-5)12-27-29-22(31)16-11-15(25)7-8-18(16)28-23(29)24(2,3)4/h7-12H,6,13H2,1-5H3. The van der Waals surface area contributed by atoms with Crippen LogP contribution in [0.1, 0.15) is 39.1 Å². The number of ether oxygens (including phenoxy) is 3. The number of methoxy groups -OCH3 is 1. The van der Waals surface area contributed by atoms with Gasteiger partial charge >= 0.3 is 5.97 Å². The number of hydrogen-bond donors (Lipinski definition) is 0. The molecular weight excluding hydrogens is 570 g/mol. The van der Waals surface area contributed by atoms with Crippen LogP contribution in [0.2, 0.25) is 0 Å². The van der Waals surface area contributed by atoms with Crippen molar-refractivity contribution < 1.29 is 19.0 Å². The Morgan fingerprint density at radius 1 is 1.18 bits per heavy atom. The van der Waals surface area contributed by atoms with Crippen molar-refractivity contribution in [3.05, 3.63) is 61.0 Å². The topological polar surface area (TPSA) is 92.0 Å². The van der Waals surface area contributed by atoms with Gasteiger partial charge in [-0.2, -0.15) is 9.78 Å². The van der Waals surface area contributed by atoms with Crippen molar-refractivity contribution in [3.8, 4) is 11.5 Å². The normalized spacial score (nSPS) is 11.7. The van der Waals surface area contributed by atoms with E-state index in [2.05, 4.69) is 41.7 Å². The molecule has 0 atom stereocenters. The van der Waals surface area contributed by atoms with E-state index in [1.807, 2.05) is 39.8 Å². The van der Waals surface area contributed by atoms with Crippen LogP contribution >= 0.6 is 31.9 Å². The predicted molar refractivity (Wildman–Crippen MR) is 138 cm³/mol. The van der Waals surface area contributed by atoms with Crippen LogP contribution in [0.15, 0.2) is 49.2 Å². The third kappa shape index (κ3) is 5.85. The maximum atomic E-state index is 13.3. The summed E-state index contributed by atoms with van der Waals surface area (Å²) in [6, 6.07) is 8.87. The van der Waals surface area contributed by atoms with Gasteiger partial charge in [0, 0.05) is 9.89 Å². The van der Waals surface area contributed by atoms with Gasteiger partial charge < -0.3 is 14.2 Å². The summed E-state index contributed by atoms with van der Waals surface area (Å²) in [5, 5.41) is 4.95. The molecule has 0 bridgehead atoms. The molecule has 0 aliphatic heterocycles. The number of fused-ring (bicyclic) bond motifs is 1. The van der Waals surface area contributed by atoms with Gasteiger partial charge in [0.15, 0.2) is 18.1 Å². The Balaban J connectivity index is 2.09. The van der Waals surface area contributed by atoms with E-state index >= 15 is 0 Å². The number of benzene rings is 2. The monoisotopic (exact) mass is 593 g/mol. The summed E-state index contributed by atoms with van der Waals surface area (Å²) in [6.45, 7) is 7.89. The SMILES string of the molecule is CCOc1cc(C=Nn2c(C(C)(C)C)nc3ccc(Br)cc3c2=O)cc(Br)c1OCC(=O)OC. The van der Waals surface area contributed by atoms with E-state index in [0.29, 0.717) is 44.9 Å². The second kappa shape index (κ2) is 10.7. The van der Waals surface area contributed by atoms with Crippen LogP contribution in [0.25, 0.3) is 10.9 Å². The average Bonchev–Trinajstić information content (AvgIpc) is 2.77. The summed E-state index contributed by atoms with van der Waals surface area (Å²) in [4.78, 5) is 29.5. The smallest absolute Gasteiger partial charge is 0.343 e. The molecule has 3 aromatic rings. The molecule has 1 heterocycles. The zero-order valence-corrected chi connectivity index (χ0v) is 22.7. The van der Waals surface area contributed by atoms with E-state index in [1.54, 1.807) is 24.4 Å². The highest BCUT2D eigenvalue weighted by atomic mass is 79.9. The van der Waals surface area contributed by atoms with Crippen LogP contribution in [0, 0.1) is 0 Å². The van der Waals surface area contributed by atoms with E-state index in [-0.39, 0.29) is 12.2 Å². The fourth-order valence-corrected chi connectivity index (χ4v) is 4.06. The van der Waals surface area contributed by atoms with Gasteiger partial charge in [-0.25, -0.2) is 9.78 Å². The molecule has 1 aromatic heterocycles. The molecular formula is C24H25Br2N3O5. The van der Waals surface area contributed by atoms with Gasteiger partial charge in [-0.3, -0.25) is 4.79 Å². The van der Waals surface area contributed by atoms with Crippen molar-refractivity contribution in [2.75, 3.05) is 20.3 Å². The summed E-state index contributed by atoms with van der Waals surface area (Å²) >= 11 is 6.88. The average molecular weight is 595 g/mol. The first-order valence-corrected chi connectivity index (χ1v) is 12.1. The number of hydrogen-bond acceptors (Lipinski definition) is 7. The fraction of sp³-hybridized carbons (Fsp3) is 0.333. The van der Waals surface area contributed by atoms with Gasteiger partial charge in [0.25, 0.3) is 5.56 Å². The van der Waals surface area contributed by atoms with Gasteiger partial charge in [0.05, 0.1) is 35.3 Å². The first-order valence-electron chi connectivity index (χ1n) is 10.5. The Hall–Kier alpha value is -2.72. The number of nitrogens with zero attached hydrogens (tertiary/aromatic N) is 3. The van der Waals surface area contributed by atoms with E-state index in [1.165, 1.54) is 11.8 Å². The minimum Gasteiger partial charge on any atom is -0.490 e. The number of carbonyl (C=O) groups is 1. The number of halogens is 2. The summed E-state index contributed by atoms with van der Waals surface area (Å²) in [5.74, 6) is 0.815. The molecule has 3 rings (SSSR count). The third-order valence-electron chi connectivity index (χ3n) is 4.70. The van der Waals surface area contributed by atoms with Gasteiger partial charge in [-0.05, 0) is 58.7 Å². The Morgan fingerprint density at radius 3 is 2.56 bits per heavy atom. The van der Waals surface area contributed by atoms with E-state index in [9.17, 15) is 9.59 Å². The van der Waals surface area contributed by atoms with Crippen molar-refractivity contribution in [1.29, 1.82) is 0 Å². The van der Waals surface area contributed by atoms with Crippen molar-refractivity contribution >= 4 is 54.9 Å². The molecule has 0 radical (unpaired) electrons. The van der Waals surface area contributed by atoms with Crippen LogP contribution in [0.4, 0.5) is 0 Å². The largest absolute Gasteiger partial charge is 0.490 e. The minimum absolute atomic E-state index is 0.259. The van der Waals surface area contributed by atoms with Crippen LogP contribution in [0.5, 0.6) is 11.5 Å². The molecule has 10 heteroatoms. The van der Waals surface area contributed by atoms with Crippen LogP contribution in [-0.4, -0.2) is 42.2 Å². The van der Waals surface area contributed by atoms with Crippen LogP contribution in [-0.2, 0) is 14.9 Å². The van der Waals surface area contributed by atoms with E-state index in [4.69, 9.17) is 14.5 Å². The number of aromatic nitrogens is 2. The minimum atomic E-state index is -0.510. The molecule has 0 fully saturated rings. The highest BCUT2D eigenvalue weighted by molar-refractivity contribution is 9.10. The molecule has 0 N–H and O–H groups in total. The molecule has 180 valence electrons. The molecule has 0 spiro atoms. The van der Waals surface area contributed by atoms with E-state index < -0.39 is 11.4 Å². The van der Waals surface area contributed by atoms with Crippen molar-refractivity contribution in [2.24, 2.45) is 5.10 Å². The predicted octanol–water partition coefficient (Wildman–Crippen LogP) is 5.05. The van der Waals surface area contributed by atoms with Gasteiger partial charge in [-0.1, -0.05) is 36.7 Å². The molecule has 34 heavy (non-hydrogen) atoms. The molecule has 0 saturated carbocycles. The lowest BCUT2D eigenvalue weighted by Gasteiger charge is -2.21. The third-order valence-corrected chi connectivity index (χ3v) is 5.78. The Labute approximate surface area is 214 Å². The highest BCUT2D eigenvalue weighted by Gasteiger charge is 2.23. The molecule has 0 aliphatic rings. The zero-order valence-electron chi connectivity index (χ0n) is 19.5. The molecule has 8 nitrogen and oxygen atoms in total. The first-order chi connectivity index (χ1) is 16.0. The molecule has 2 aromatic carbocycles. The van der Waals surface area contributed by atoms with E-state index in [0.717, 1.165) is 4.47 Å². The molecule has 0 amide bonds. The quantitative estimate of drug-likeness (QED) is 0.281. The van der Waals surface area contributed by atoms with Crippen molar-refractivity contribution in [2.45, 2.75) is 33.1 Å². The van der Waals surface area contributed by atoms with Crippen LogP contribution in [0.3, 0.4) is 0 Å². The second-order valence-corrected chi connectivity index (χ2v) is 10.1. The lowest BCUT2D eigenvalue weighted by atomic mass is 9.95. The number of rotatable bonds is 7. The van der Waals surface area contributed by atoms with Gasteiger partial charge in [0.1, 0.15) is 5.82 Å². The zero-order chi connectivity index (χ0) is 25.0. The number of carbonyl (C=O) groups excluding carboxylic acids is 1.